The summed E-state index contributed by atoms with van der Waals surface area (Å²) in [5.41, 5.74) is -0.307. The average Bonchev–Trinajstić information content (AvgIpc) is 2.27. The van der Waals surface area contributed by atoms with Crippen LogP contribution < -0.4 is 10.6 Å². The van der Waals surface area contributed by atoms with Crippen molar-refractivity contribution in [2.24, 2.45) is 5.90 Å². The lowest BCUT2D eigenvalue weighted by molar-refractivity contribution is -0.385. The maximum Gasteiger partial charge on any atom is 0.356 e. The average molecular weight is 212 g/mol. The van der Waals surface area contributed by atoms with Crippen molar-refractivity contribution < 1.29 is 19.3 Å². The molecule has 0 saturated carbocycles. The molecule has 0 unspecified atom stereocenters. The van der Waals surface area contributed by atoms with Gasteiger partial charge in [-0.3, -0.25) is 10.1 Å². The highest BCUT2D eigenvalue weighted by atomic mass is 16.7. The van der Waals surface area contributed by atoms with Crippen molar-refractivity contribution in [1.82, 2.24) is 0 Å². The molecule has 15 heavy (non-hydrogen) atoms. The molecule has 80 valence electrons. The van der Waals surface area contributed by atoms with E-state index < -0.39 is 10.9 Å². The number of ether oxygens (including phenoxy) is 1. The predicted octanol–water partition coefficient (Wildman–Crippen LogP) is 0.634. The Bertz CT molecular complexity index is 404. The first-order valence-corrected chi connectivity index (χ1v) is 3.83. The van der Waals surface area contributed by atoms with E-state index in [9.17, 15) is 14.9 Å². The third-order valence-corrected chi connectivity index (χ3v) is 1.68. The van der Waals surface area contributed by atoms with E-state index in [4.69, 9.17) is 4.74 Å². The highest BCUT2D eigenvalue weighted by Crippen LogP contribution is 2.22. The monoisotopic (exact) mass is 212 g/mol. The van der Waals surface area contributed by atoms with E-state index in [0.717, 1.165) is 6.07 Å². The molecule has 0 aliphatic heterocycles. The van der Waals surface area contributed by atoms with Gasteiger partial charge in [-0.2, -0.15) is 5.90 Å². The van der Waals surface area contributed by atoms with Gasteiger partial charge in [0.15, 0.2) is 0 Å². The van der Waals surface area contributed by atoms with Gasteiger partial charge >= 0.3 is 5.97 Å². The van der Waals surface area contributed by atoms with Gasteiger partial charge in [-0.25, -0.2) is 4.79 Å². The molecule has 0 heterocycles. The molecule has 1 aromatic carbocycles. The van der Waals surface area contributed by atoms with Crippen LogP contribution in [0, 0.1) is 10.1 Å². The van der Waals surface area contributed by atoms with Crippen LogP contribution in [0.15, 0.2) is 18.2 Å². The number of rotatable bonds is 3. The lowest BCUT2D eigenvalue weighted by Gasteiger charge is -2.02. The SMILES string of the molecule is COc1cc(C(=O)ON)cc([N+](=O)[O-])c1. The summed E-state index contributed by atoms with van der Waals surface area (Å²) in [6.45, 7) is 0. The molecule has 0 amide bonds. The summed E-state index contributed by atoms with van der Waals surface area (Å²) >= 11 is 0. The van der Waals surface area contributed by atoms with Crippen molar-refractivity contribution in [3.63, 3.8) is 0 Å². The number of carbonyl (C=O) groups is 1. The minimum Gasteiger partial charge on any atom is -0.496 e. The van der Waals surface area contributed by atoms with Crippen molar-refractivity contribution in [1.29, 1.82) is 0 Å². The van der Waals surface area contributed by atoms with E-state index in [0.29, 0.717) is 0 Å². The second kappa shape index (κ2) is 4.38. The van der Waals surface area contributed by atoms with Crippen LogP contribution in [0.3, 0.4) is 0 Å². The third-order valence-electron chi connectivity index (χ3n) is 1.68. The lowest BCUT2D eigenvalue weighted by atomic mass is 10.2. The molecule has 0 fully saturated rings. The van der Waals surface area contributed by atoms with E-state index in [1.807, 2.05) is 0 Å². The third kappa shape index (κ3) is 2.41. The highest BCUT2D eigenvalue weighted by molar-refractivity contribution is 5.90. The topological polar surface area (TPSA) is 105 Å². The molecular weight excluding hydrogens is 204 g/mol. The number of methoxy groups -OCH3 is 1. The van der Waals surface area contributed by atoms with Crippen molar-refractivity contribution in [2.45, 2.75) is 0 Å². The molecule has 2 N–H and O–H groups in total. The molecular formula is C8H8N2O5. The van der Waals surface area contributed by atoms with Crippen LogP contribution in [0.25, 0.3) is 0 Å². The Kier molecular flexibility index (Phi) is 3.19. The molecule has 7 heteroatoms. The van der Waals surface area contributed by atoms with Gasteiger partial charge in [0, 0.05) is 6.07 Å². The fourth-order valence-corrected chi connectivity index (χ4v) is 0.992. The Morgan fingerprint density at radius 1 is 1.47 bits per heavy atom. The molecule has 0 aromatic heterocycles. The number of hydrogen-bond acceptors (Lipinski definition) is 6. The van der Waals surface area contributed by atoms with Gasteiger partial charge in [0.05, 0.1) is 23.7 Å². The van der Waals surface area contributed by atoms with Crippen molar-refractivity contribution in [3.8, 4) is 5.75 Å². The normalized spacial score (nSPS) is 9.47. The Morgan fingerprint density at radius 3 is 2.60 bits per heavy atom. The molecule has 0 radical (unpaired) electrons. The number of nitro benzene ring substituents is 1. The highest BCUT2D eigenvalue weighted by Gasteiger charge is 2.15. The van der Waals surface area contributed by atoms with Crippen LogP contribution in [-0.2, 0) is 4.84 Å². The molecule has 0 saturated heterocycles. The quantitative estimate of drug-likeness (QED) is 0.582. The molecule has 1 rings (SSSR count). The van der Waals surface area contributed by atoms with Crippen molar-refractivity contribution in [3.05, 3.63) is 33.9 Å². The molecule has 0 atom stereocenters. The van der Waals surface area contributed by atoms with Crippen LogP contribution in [0.2, 0.25) is 0 Å². The van der Waals surface area contributed by atoms with Crippen LogP contribution in [0.5, 0.6) is 5.75 Å². The Hall–Kier alpha value is -2.15. The van der Waals surface area contributed by atoms with Crippen LogP contribution in [0.1, 0.15) is 10.4 Å². The van der Waals surface area contributed by atoms with Crippen molar-refractivity contribution in [2.75, 3.05) is 7.11 Å². The van der Waals surface area contributed by atoms with Gasteiger partial charge < -0.3 is 9.57 Å². The molecule has 7 nitrogen and oxygen atoms in total. The molecule has 0 aliphatic carbocycles. The zero-order valence-corrected chi connectivity index (χ0v) is 7.80. The number of nitrogens with zero attached hydrogens (tertiary/aromatic N) is 1. The summed E-state index contributed by atoms with van der Waals surface area (Å²) < 4.78 is 4.79. The number of non-ortho nitro benzene ring substituents is 1. The fourth-order valence-electron chi connectivity index (χ4n) is 0.992. The summed E-state index contributed by atoms with van der Waals surface area (Å²) in [7, 11) is 1.33. The van der Waals surface area contributed by atoms with E-state index in [1.165, 1.54) is 19.2 Å². The zero-order valence-electron chi connectivity index (χ0n) is 7.80. The van der Waals surface area contributed by atoms with Gasteiger partial charge in [0.1, 0.15) is 5.75 Å². The number of nitrogens with two attached hydrogens (primary N) is 1. The minimum atomic E-state index is -0.864. The van der Waals surface area contributed by atoms with Gasteiger partial charge in [-0.1, -0.05) is 0 Å². The number of carbonyl (C=O) groups excluding carboxylic acids is 1. The van der Waals surface area contributed by atoms with E-state index >= 15 is 0 Å². The molecule has 1 aromatic rings. The van der Waals surface area contributed by atoms with Crippen molar-refractivity contribution >= 4 is 11.7 Å². The van der Waals surface area contributed by atoms with Gasteiger partial charge in [0.25, 0.3) is 5.69 Å². The Morgan fingerprint density at radius 2 is 2.13 bits per heavy atom. The lowest BCUT2D eigenvalue weighted by Crippen LogP contribution is -2.10. The minimum absolute atomic E-state index is 0.0384. The Labute approximate surface area is 84.5 Å². The second-order valence-electron chi connectivity index (χ2n) is 2.58. The van der Waals surface area contributed by atoms with Gasteiger partial charge in [0.2, 0.25) is 0 Å². The largest absolute Gasteiger partial charge is 0.496 e. The first-order valence-electron chi connectivity index (χ1n) is 3.83. The van der Waals surface area contributed by atoms with Crippen LogP contribution >= 0.6 is 0 Å². The van der Waals surface area contributed by atoms with Gasteiger partial charge in [-0.05, 0) is 6.07 Å². The summed E-state index contributed by atoms with van der Waals surface area (Å²) in [5, 5.41) is 10.5. The van der Waals surface area contributed by atoms with E-state index in [2.05, 4.69) is 10.7 Å². The number of hydrogen-bond donors (Lipinski definition) is 1. The number of nitro groups is 1. The summed E-state index contributed by atoms with van der Waals surface area (Å²) in [6.07, 6.45) is 0. The molecule has 0 aliphatic rings. The number of benzene rings is 1. The zero-order chi connectivity index (χ0) is 11.4. The van der Waals surface area contributed by atoms with E-state index in [-0.39, 0.29) is 17.0 Å². The van der Waals surface area contributed by atoms with E-state index in [1.54, 1.807) is 0 Å². The van der Waals surface area contributed by atoms with Crippen LogP contribution in [-0.4, -0.2) is 18.0 Å². The second-order valence-corrected chi connectivity index (χ2v) is 2.58. The first-order chi connectivity index (χ1) is 7.08. The molecule has 0 bridgehead atoms. The summed E-state index contributed by atoms with van der Waals surface area (Å²) in [4.78, 5) is 24.8. The molecule has 0 spiro atoms. The predicted molar refractivity (Wildman–Crippen MR) is 49.3 cm³/mol. The smallest absolute Gasteiger partial charge is 0.356 e. The maximum absolute atomic E-state index is 11.0. The standard InChI is InChI=1S/C8H8N2O5/c1-14-7-3-5(8(11)15-9)2-6(4-7)10(12)13/h2-4H,9H2,1H3. The fraction of sp³-hybridized carbons (Fsp3) is 0.125. The maximum atomic E-state index is 11.0. The Balaban J connectivity index is 3.23. The van der Waals surface area contributed by atoms with Crippen LogP contribution in [0.4, 0.5) is 5.69 Å². The summed E-state index contributed by atoms with van der Waals surface area (Å²) in [6, 6.07) is 3.53. The summed E-state index contributed by atoms with van der Waals surface area (Å²) in [5.74, 6) is 3.98. The van der Waals surface area contributed by atoms with Gasteiger partial charge in [-0.15, -0.1) is 0 Å². The first kappa shape index (κ1) is 10.9.